The topological polar surface area (TPSA) is 32.3 Å². The summed E-state index contributed by atoms with van der Waals surface area (Å²) in [5, 5.41) is 3.10. The normalized spacial score (nSPS) is 10.4. The molecule has 1 N–H and O–H groups in total. The van der Waals surface area contributed by atoms with Crippen molar-refractivity contribution in [2.45, 2.75) is 6.54 Å². The molecule has 1 rings (SSSR count). The molecule has 1 amide bonds. The van der Waals surface area contributed by atoms with Gasteiger partial charge in [-0.05, 0) is 31.8 Å². The summed E-state index contributed by atoms with van der Waals surface area (Å²) in [6, 6.07) is 7.52. The van der Waals surface area contributed by atoms with Gasteiger partial charge in [0.05, 0.1) is 6.54 Å². The molecule has 0 atom stereocenters. The van der Waals surface area contributed by atoms with Gasteiger partial charge >= 0.3 is 0 Å². The number of carbonyl (C=O) groups is 1. The van der Waals surface area contributed by atoms with Crippen molar-refractivity contribution in [2.24, 2.45) is 0 Å². The zero-order valence-electron chi connectivity index (χ0n) is 10.2. The van der Waals surface area contributed by atoms with Crippen LogP contribution in [0.3, 0.4) is 0 Å². The van der Waals surface area contributed by atoms with E-state index in [1.165, 1.54) is 5.56 Å². The van der Waals surface area contributed by atoms with Gasteiger partial charge in [-0.3, -0.25) is 4.79 Å². The van der Waals surface area contributed by atoms with E-state index in [1.807, 2.05) is 38.4 Å². The lowest BCUT2D eigenvalue weighted by molar-refractivity contribution is 0.0957. The van der Waals surface area contributed by atoms with Crippen molar-refractivity contribution in [3.05, 3.63) is 47.0 Å². The van der Waals surface area contributed by atoms with Crippen LogP contribution in [0.5, 0.6) is 0 Å². The largest absolute Gasteiger partial charge is 0.347 e. The molecule has 92 valence electrons. The minimum Gasteiger partial charge on any atom is -0.347 e. The minimum absolute atomic E-state index is 0.136. The van der Waals surface area contributed by atoms with Crippen molar-refractivity contribution < 1.29 is 4.79 Å². The summed E-state index contributed by atoms with van der Waals surface area (Å²) >= 11 is 5.58. The molecule has 0 bridgehead atoms. The Balaban J connectivity index is 2.60. The highest BCUT2D eigenvalue weighted by Crippen LogP contribution is 2.06. The van der Waals surface area contributed by atoms with Crippen LogP contribution in [0.2, 0.25) is 0 Å². The monoisotopic (exact) mass is 252 g/mol. The Morgan fingerprint density at radius 1 is 1.35 bits per heavy atom. The zero-order valence-corrected chi connectivity index (χ0v) is 10.9. The van der Waals surface area contributed by atoms with Crippen LogP contribution in [0.1, 0.15) is 15.9 Å². The third-order valence-electron chi connectivity index (χ3n) is 2.16. The van der Waals surface area contributed by atoms with E-state index in [-0.39, 0.29) is 5.91 Å². The van der Waals surface area contributed by atoms with Crippen LogP contribution in [-0.2, 0) is 6.54 Å². The first-order chi connectivity index (χ1) is 7.99. The second kappa shape index (κ2) is 6.42. The van der Waals surface area contributed by atoms with Gasteiger partial charge in [-0.25, -0.2) is 0 Å². The predicted octanol–water partition coefficient (Wildman–Crippen LogP) is 2.23. The van der Waals surface area contributed by atoms with Crippen LogP contribution in [0.25, 0.3) is 0 Å². The van der Waals surface area contributed by atoms with Crippen molar-refractivity contribution in [1.82, 2.24) is 10.2 Å². The molecule has 0 unspecified atom stereocenters. The first-order valence-corrected chi connectivity index (χ1v) is 5.72. The molecule has 0 aliphatic rings. The maximum Gasteiger partial charge on any atom is 0.251 e. The maximum atomic E-state index is 11.7. The fraction of sp³-hybridized carbons (Fsp3) is 0.308. The number of rotatable bonds is 5. The summed E-state index contributed by atoms with van der Waals surface area (Å²) in [6.07, 6.45) is 0. The highest BCUT2D eigenvalue weighted by Gasteiger charge is 2.05. The van der Waals surface area contributed by atoms with Crippen molar-refractivity contribution in [3.8, 4) is 0 Å². The molecule has 0 fully saturated rings. The first kappa shape index (κ1) is 13.7. The van der Waals surface area contributed by atoms with Crippen LogP contribution < -0.4 is 5.32 Å². The van der Waals surface area contributed by atoms with E-state index in [4.69, 9.17) is 11.6 Å². The summed E-state index contributed by atoms with van der Waals surface area (Å²) in [7, 11) is 4.01. The van der Waals surface area contributed by atoms with Crippen LogP contribution in [-0.4, -0.2) is 31.4 Å². The standard InChI is InChI=1S/C13H17ClN2O/c1-10(14)8-15-13(17)12-6-4-11(5-7-12)9-16(2)3/h4-7H,1,8-9H2,2-3H3,(H,15,17). The van der Waals surface area contributed by atoms with Crippen LogP contribution in [0, 0.1) is 0 Å². The van der Waals surface area contributed by atoms with Gasteiger partial charge < -0.3 is 10.2 Å². The molecule has 0 aromatic heterocycles. The summed E-state index contributed by atoms with van der Waals surface area (Å²) < 4.78 is 0. The van der Waals surface area contributed by atoms with Crippen LogP contribution in [0.15, 0.2) is 35.9 Å². The third kappa shape index (κ3) is 5.02. The van der Waals surface area contributed by atoms with Crippen molar-refractivity contribution in [1.29, 1.82) is 0 Å². The fourth-order valence-corrected chi connectivity index (χ4v) is 1.47. The van der Waals surface area contributed by atoms with Gasteiger partial charge in [0.1, 0.15) is 0 Å². The average Bonchev–Trinajstić information content (AvgIpc) is 2.26. The summed E-state index contributed by atoms with van der Waals surface area (Å²) in [5.41, 5.74) is 1.80. The molecule has 1 aromatic carbocycles. The number of nitrogens with zero attached hydrogens (tertiary/aromatic N) is 1. The van der Waals surface area contributed by atoms with Crippen molar-refractivity contribution in [3.63, 3.8) is 0 Å². The van der Waals surface area contributed by atoms with Gasteiger partial charge in [-0.2, -0.15) is 0 Å². The fourth-order valence-electron chi connectivity index (χ4n) is 1.40. The summed E-state index contributed by atoms with van der Waals surface area (Å²) in [4.78, 5) is 13.7. The van der Waals surface area contributed by atoms with Crippen LogP contribution in [0.4, 0.5) is 0 Å². The highest BCUT2D eigenvalue weighted by atomic mass is 35.5. The number of nitrogens with one attached hydrogen (secondary N) is 1. The Labute approximate surface area is 107 Å². The van der Waals surface area contributed by atoms with Gasteiger partial charge in [-0.15, -0.1) is 0 Å². The van der Waals surface area contributed by atoms with E-state index < -0.39 is 0 Å². The number of halogens is 1. The molecule has 3 nitrogen and oxygen atoms in total. The maximum absolute atomic E-state index is 11.7. The van der Waals surface area contributed by atoms with E-state index in [2.05, 4.69) is 16.8 Å². The van der Waals surface area contributed by atoms with E-state index in [9.17, 15) is 4.79 Å². The molecule has 0 spiro atoms. The molecule has 0 aliphatic heterocycles. The Morgan fingerprint density at radius 2 is 1.94 bits per heavy atom. The van der Waals surface area contributed by atoms with Crippen LogP contribution >= 0.6 is 11.6 Å². The quantitative estimate of drug-likeness (QED) is 0.872. The Kier molecular flexibility index (Phi) is 5.19. The van der Waals surface area contributed by atoms with Crippen molar-refractivity contribution >= 4 is 17.5 Å². The lowest BCUT2D eigenvalue weighted by Gasteiger charge is -2.10. The first-order valence-electron chi connectivity index (χ1n) is 5.34. The van der Waals surface area contributed by atoms with Gasteiger partial charge in [0, 0.05) is 17.1 Å². The second-order valence-electron chi connectivity index (χ2n) is 4.13. The van der Waals surface area contributed by atoms with E-state index in [0.29, 0.717) is 17.1 Å². The SMILES string of the molecule is C=C(Cl)CNC(=O)c1ccc(CN(C)C)cc1. The molecule has 0 radical (unpaired) electrons. The van der Waals surface area contributed by atoms with E-state index in [0.717, 1.165) is 6.54 Å². The number of hydrogen-bond acceptors (Lipinski definition) is 2. The van der Waals surface area contributed by atoms with Gasteiger partial charge in [0.15, 0.2) is 0 Å². The number of hydrogen-bond donors (Lipinski definition) is 1. The smallest absolute Gasteiger partial charge is 0.251 e. The number of carbonyl (C=O) groups excluding carboxylic acids is 1. The molecule has 0 saturated heterocycles. The lowest BCUT2D eigenvalue weighted by Crippen LogP contribution is -2.24. The third-order valence-corrected chi connectivity index (χ3v) is 2.29. The molecule has 0 heterocycles. The molecule has 4 heteroatoms. The summed E-state index contributed by atoms with van der Waals surface area (Å²) in [5.74, 6) is -0.136. The molecule has 0 aliphatic carbocycles. The zero-order chi connectivity index (χ0) is 12.8. The molecule has 1 aromatic rings. The van der Waals surface area contributed by atoms with Gasteiger partial charge in [0.25, 0.3) is 5.91 Å². The lowest BCUT2D eigenvalue weighted by atomic mass is 10.1. The van der Waals surface area contributed by atoms with Crippen molar-refractivity contribution in [2.75, 3.05) is 20.6 Å². The Bertz CT molecular complexity index is 398. The average molecular weight is 253 g/mol. The molecule has 17 heavy (non-hydrogen) atoms. The Hall–Kier alpha value is -1.32. The number of benzene rings is 1. The number of amides is 1. The molecular formula is C13H17ClN2O. The van der Waals surface area contributed by atoms with E-state index >= 15 is 0 Å². The minimum atomic E-state index is -0.136. The molecular weight excluding hydrogens is 236 g/mol. The van der Waals surface area contributed by atoms with Gasteiger partial charge in [0.2, 0.25) is 0 Å². The highest BCUT2D eigenvalue weighted by molar-refractivity contribution is 6.29. The predicted molar refractivity (Wildman–Crippen MR) is 71.2 cm³/mol. The summed E-state index contributed by atoms with van der Waals surface area (Å²) in [6.45, 7) is 4.67. The second-order valence-corrected chi connectivity index (χ2v) is 4.67. The Morgan fingerprint density at radius 3 is 2.41 bits per heavy atom. The van der Waals surface area contributed by atoms with E-state index in [1.54, 1.807) is 0 Å². The molecule has 0 saturated carbocycles. The van der Waals surface area contributed by atoms with Gasteiger partial charge in [-0.1, -0.05) is 30.3 Å².